The maximum absolute atomic E-state index is 11.4. The van der Waals surface area contributed by atoms with Crippen LogP contribution in [0.5, 0.6) is 11.6 Å². The number of aromatic carboxylic acids is 1. The van der Waals surface area contributed by atoms with Gasteiger partial charge in [0, 0.05) is 18.0 Å². The second-order valence-electron chi connectivity index (χ2n) is 4.46. The Morgan fingerprint density at radius 3 is 2.90 bits per heavy atom. The third-order valence-electron chi connectivity index (χ3n) is 3.08. The largest absolute Gasteiger partial charge is 0.478 e. The normalized spacial score (nSPS) is 10.7. The third kappa shape index (κ3) is 2.55. The van der Waals surface area contributed by atoms with Crippen molar-refractivity contribution in [2.45, 2.75) is 13.5 Å². The zero-order valence-corrected chi connectivity index (χ0v) is 11.4. The molecular weight excluding hydrogens is 270 g/mol. The van der Waals surface area contributed by atoms with E-state index in [9.17, 15) is 9.90 Å². The predicted octanol–water partition coefficient (Wildman–Crippen LogP) is 2.94. The molecule has 6 heteroatoms. The van der Waals surface area contributed by atoms with E-state index < -0.39 is 5.97 Å². The average Bonchev–Trinajstić information content (AvgIpc) is 2.94. The van der Waals surface area contributed by atoms with Crippen LogP contribution in [0.2, 0.25) is 0 Å². The molecule has 0 amide bonds. The van der Waals surface area contributed by atoms with Gasteiger partial charge in [-0.15, -0.1) is 0 Å². The smallest absolute Gasteiger partial charge is 0.336 e. The molecule has 0 atom stereocenters. The maximum atomic E-state index is 11.4. The number of rotatable bonds is 4. The number of hydrogen-bond acceptors (Lipinski definition) is 4. The second-order valence-corrected chi connectivity index (χ2v) is 4.46. The van der Waals surface area contributed by atoms with Crippen molar-refractivity contribution >= 4 is 16.9 Å². The average molecular weight is 283 g/mol. The molecule has 1 aromatic carbocycles. The molecule has 0 aliphatic rings. The number of benzene rings is 1. The summed E-state index contributed by atoms with van der Waals surface area (Å²) in [6.45, 7) is 2.70. The number of carbonyl (C=O) groups is 1. The van der Waals surface area contributed by atoms with Gasteiger partial charge in [-0.2, -0.15) is 5.10 Å². The quantitative estimate of drug-likeness (QED) is 0.796. The first kappa shape index (κ1) is 13.1. The monoisotopic (exact) mass is 283 g/mol. The van der Waals surface area contributed by atoms with Gasteiger partial charge in [0.05, 0.1) is 23.5 Å². The summed E-state index contributed by atoms with van der Waals surface area (Å²) >= 11 is 0. The van der Waals surface area contributed by atoms with Crippen molar-refractivity contribution in [1.29, 1.82) is 0 Å². The van der Waals surface area contributed by atoms with E-state index in [0.29, 0.717) is 16.7 Å². The van der Waals surface area contributed by atoms with Gasteiger partial charge in [-0.3, -0.25) is 4.68 Å². The Balaban J connectivity index is 2.04. The number of aryl methyl sites for hydroxylation is 1. The standard InChI is InChI=1S/C15H13N3O3/c1-2-18-9-10(8-16-18)21-14-7-12(15(19)20)11-5-3-4-6-13(11)17-14/h3-9H,2H2,1H3,(H,19,20). The van der Waals surface area contributed by atoms with Gasteiger partial charge in [0.1, 0.15) is 0 Å². The van der Waals surface area contributed by atoms with Crippen molar-refractivity contribution in [3.8, 4) is 11.6 Å². The highest BCUT2D eigenvalue weighted by molar-refractivity contribution is 6.02. The number of pyridine rings is 1. The molecule has 0 saturated carbocycles. The lowest BCUT2D eigenvalue weighted by Crippen LogP contribution is -2.00. The Morgan fingerprint density at radius 2 is 2.19 bits per heavy atom. The molecule has 0 unspecified atom stereocenters. The number of fused-ring (bicyclic) bond motifs is 1. The lowest BCUT2D eigenvalue weighted by molar-refractivity contribution is 0.0698. The van der Waals surface area contributed by atoms with Crippen LogP contribution < -0.4 is 4.74 Å². The molecule has 0 radical (unpaired) electrons. The van der Waals surface area contributed by atoms with Gasteiger partial charge in [0.2, 0.25) is 5.88 Å². The fraction of sp³-hybridized carbons (Fsp3) is 0.133. The fourth-order valence-electron chi connectivity index (χ4n) is 2.07. The zero-order valence-electron chi connectivity index (χ0n) is 11.4. The third-order valence-corrected chi connectivity index (χ3v) is 3.08. The molecule has 6 nitrogen and oxygen atoms in total. The van der Waals surface area contributed by atoms with Crippen molar-refractivity contribution in [3.05, 3.63) is 48.3 Å². The first-order chi connectivity index (χ1) is 10.2. The summed E-state index contributed by atoms with van der Waals surface area (Å²) in [5.74, 6) is -0.250. The summed E-state index contributed by atoms with van der Waals surface area (Å²) in [5.41, 5.74) is 0.744. The van der Waals surface area contributed by atoms with E-state index in [1.807, 2.05) is 6.92 Å². The van der Waals surface area contributed by atoms with Crippen LogP contribution in [0.25, 0.3) is 10.9 Å². The topological polar surface area (TPSA) is 77.2 Å². The van der Waals surface area contributed by atoms with E-state index in [4.69, 9.17) is 4.74 Å². The lowest BCUT2D eigenvalue weighted by atomic mass is 10.1. The van der Waals surface area contributed by atoms with Crippen LogP contribution in [0.4, 0.5) is 0 Å². The van der Waals surface area contributed by atoms with E-state index in [2.05, 4.69) is 10.1 Å². The van der Waals surface area contributed by atoms with Crippen LogP contribution in [-0.2, 0) is 6.54 Å². The molecule has 0 fully saturated rings. The van der Waals surface area contributed by atoms with Gasteiger partial charge < -0.3 is 9.84 Å². The summed E-state index contributed by atoms with van der Waals surface area (Å²) < 4.78 is 7.32. The molecule has 0 aliphatic heterocycles. The second kappa shape index (κ2) is 5.24. The zero-order chi connectivity index (χ0) is 14.8. The molecule has 0 spiro atoms. The molecule has 0 aliphatic carbocycles. The molecule has 0 saturated heterocycles. The van der Waals surface area contributed by atoms with Gasteiger partial charge in [-0.25, -0.2) is 9.78 Å². The maximum Gasteiger partial charge on any atom is 0.336 e. The molecule has 3 aromatic rings. The van der Waals surface area contributed by atoms with Crippen LogP contribution in [0.1, 0.15) is 17.3 Å². The number of hydrogen-bond donors (Lipinski definition) is 1. The molecule has 2 aromatic heterocycles. The molecule has 3 rings (SSSR count). The van der Waals surface area contributed by atoms with Crippen molar-refractivity contribution < 1.29 is 14.6 Å². The molecule has 0 bridgehead atoms. The molecule has 106 valence electrons. The van der Waals surface area contributed by atoms with Crippen molar-refractivity contribution in [2.24, 2.45) is 0 Å². The highest BCUT2D eigenvalue weighted by Crippen LogP contribution is 2.25. The first-order valence-electron chi connectivity index (χ1n) is 6.50. The lowest BCUT2D eigenvalue weighted by Gasteiger charge is -2.06. The summed E-state index contributed by atoms with van der Waals surface area (Å²) in [7, 11) is 0. The number of carboxylic acid groups (broad SMARTS) is 1. The summed E-state index contributed by atoms with van der Waals surface area (Å²) in [6, 6.07) is 8.49. The van der Waals surface area contributed by atoms with E-state index in [1.165, 1.54) is 6.07 Å². The van der Waals surface area contributed by atoms with Crippen molar-refractivity contribution in [2.75, 3.05) is 0 Å². The molecular formula is C15H13N3O3. The number of carboxylic acids is 1. The van der Waals surface area contributed by atoms with Gasteiger partial charge in [-0.1, -0.05) is 18.2 Å². The number of ether oxygens (including phenoxy) is 1. The van der Waals surface area contributed by atoms with E-state index in [1.54, 1.807) is 41.3 Å². The van der Waals surface area contributed by atoms with E-state index >= 15 is 0 Å². The predicted molar refractivity (Wildman–Crippen MR) is 76.7 cm³/mol. The van der Waals surface area contributed by atoms with Crippen LogP contribution >= 0.6 is 0 Å². The fourth-order valence-corrected chi connectivity index (χ4v) is 2.07. The van der Waals surface area contributed by atoms with Crippen LogP contribution in [0, 0.1) is 0 Å². The Kier molecular flexibility index (Phi) is 3.27. The Bertz CT molecular complexity index is 811. The number of nitrogens with zero attached hydrogens (tertiary/aromatic N) is 3. The molecule has 2 heterocycles. The Labute approximate surface area is 120 Å². The molecule has 1 N–H and O–H groups in total. The van der Waals surface area contributed by atoms with Crippen molar-refractivity contribution in [1.82, 2.24) is 14.8 Å². The Hall–Kier alpha value is -2.89. The van der Waals surface area contributed by atoms with Gasteiger partial charge in [0.25, 0.3) is 0 Å². The van der Waals surface area contributed by atoms with Crippen LogP contribution in [0.15, 0.2) is 42.7 Å². The summed E-state index contributed by atoms with van der Waals surface area (Å²) in [5, 5.41) is 14.0. The summed E-state index contributed by atoms with van der Waals surface area (Å²) in [4.78, 5) is 15.7. The summed E-state index contributed by atoms with van der Waals surface area (Å²) in [6.07, 6.45) is 3.30. The van der Waals surface area contributed by atoms with Gasteiger partial charge in [0.15, 0.2) is 5.75 Å². The minimum Gasteiger partial charge on any atom is -0.478 e. The van der Waals surface area contributed by atoms with E-state index in [0.717, 1.165) is 6.54 Å². The van der Waals surface area contributed by atoms with E-state index in [-0.39, 0.29) is 11.4 Å². The number of para-hydroxylation sites is 1. The van der Waals surface area contributed by atoms with Crippen molar-refractivity contribution in [3.63, 3.8) is 0 Å². The minimum atomic E-state index is -1.01. The molecule has 21 heavy (non-hydrogen) atoms. The first-order valence-corrected chi connectivity index (χ1v) is 6.50. The highest BCUT2D eigenvalue weighted by atomic mass is 16.5. The number of aromatic nitrogens is 3. The minimum absolute atomic E-state index is 0.165. The highest BCUT2D eigenvalue weighted by Gasteiger charge is 2.13. The Morgan fingerprint density at radius 1 is 1.38 bits per heavy atom. The van der Waals surface area contributed by atoms with Gasteiger partial charge in [-0.05, 0) is 13.0 Å². The van der Waals surface area contributed by atoms with Crippen LogP contribution in [0.3, 0.4) is 0 Å². The SMILES string of the molecule is CCn1cc(Oc2cc(C(=O)O)c3ccccc3n2)cn1. The van der Waals surface area contributed by atoms with Gasteiger partial charge >= 0.3 is 5.97 Å². The van der Waals surface area contributed by atoms with Crippen LogP contribution in [-0.4, -0.2) is 25.8 Å².